The highest BCUT2D eigenvalue weighted by molar-refractivity contribution is 6.34. The maximum Gasteiger partial charge on any atom is 0.226 e. The number of nitrogens with one attached hydrogen (secondary N) is 1. The topological polar surface area (TPSA) is 49.4 Å². The summed E-state index contributed by atoms with van der Waals surface area (Å²) >= 11 is 6.34. The van der Waals surface area contributed by atoms with Crippen LogP contribution >= 0.6 is 11.6 Å². The monoisotopic (exact) mass is 358 g/mol. The standard InChI is InChI=1S/C20H23ClN2O2/c1-13-6-5-7-17(11-13)22-19(25)8-9-23(16(4)24)20-15(3)10-14(2)12-18(20)21/h5-7,10-12H,8-9H2,1-4H3,(H,22,25). The Labute approximate surface area is 153 Å². The molecular weight excluding hydrogens is 336 g/mol. The van der Waals surface area contributed by atoms with E-state index in [1.54, 1.807) is 4.90 Å². The molecule has 0 saturated carbocycles. The fourth-order valence-electron chi connectivity index (χ4n) is 2.84. The van der Waals surface area contributed by atoms with Crippen molar-refractivity contribution in [2.24, 2.45) is 0 Å². The van der Waals surface area contributed by atoms with Gasteiger partial charge in [0.05, 0.1) is 10.7 Å². The maximum atomic E-state index is 12.2. The van der Waals surface area contributed by atoms with E-state index in [1.807, 2.05) is 57.2 Å². The van der Waals surface area contributed by atoms with Crippen LogP contribution in [-0.2, 0) is 9.59 Å². The Bertz CT molecular complexity index is 779. The third-order valence-corrected chi connectivity index (χ3v) is 4.20. The van der Waals surface area contributed by atoms with Crippen LogP contribution in [0.3, 0.4) is 0 Å². The lowest BCUT2D eigenvalue weighted by atomic mass is 10.1. The normalized spacial score (nSPS) is 10.4. The molecule has 0 atom stereocenters. The zero-order valence-electron chi connectivity index (χ0n) is 15.0. The molecule has 2 aromatic carbocycles. The van der Waals surface area contributed by atoms with E-state index in [0.29, 0.717) is 10.7 Å². The second kappa shape index (κ2) is 8.17. The molecule has 2 aromatic rings. The average Bonchev–Trinajstić information content (AvgIpc) is 2.49. The fraction of sp³-hybridized carbons (Fsp3) is 0.300. The SMILES string of the molecule is CC(=O)N(CCC(=O)Nc1cccc(C)c1)c1c(C)cc(C)cc1Cl. The van der Waals surface area contributed by atoms with Crippen LogP contribution in [-0.4, -0.2) is 18.4 Å². The van der Waals surface area contributed by atoms with Crippen molar-refractivity contribution in [1.29, 1.82) is 0 Å². The Morgan fingerprint density at radius 1 is 1.08 bits per heavy atom. The van der Waals surface area contributed by atoms with E-state index in [2.05, 4.69) is 5.32 Å². The zero-order chi connectivity index (χ0) is 18.6. The van der Waals surface area contributed by atoms with Gasteiger partial charge in [0.15, 0.2) is 0 Å². The van der Waals surface area contributed by atoms with Crippen LogP contribution in [0.15, 0.2) is 36.4 Å². The van der Waals surface area contributed by atoms with Crippen molar-refractivity contribution in [3.8, 4) is 0 Å². The number of carbonyl (C=O) groups is 2. The number of aryl methyl sites for hydroxylation is 3. The van der Waals surface area contributed by atoms with E-state index in [-0.39, 0.29) is 24.8 Å². The van der Waals surface area contributed by atoms with E-state index in [1.165, 1.54) is 6.92 Å². The Balaban J connectivity index is 2.10. The number of carbonyl (C=O) groups excluding carboxylic acids is 2. The molecule has 0 aliphatic carbocycles. The summed E-state index contributed by atoms with van der Waals surface area (Å²) < 4.78 is 0. The molecule has 0 unspecified atom stereocenters. The molecule has 0 radical (unpaired) electrons. The molecule has 0 saturated heterocycles. The van der Waals surface area contributed by atoms with Crippen molar-refractivity contribution in [1.82, 2.24) is 0 Å². The summed E-state index contributed by atoms with van der Waals surface area (Å²) in [6.07, 6.45) is 0.192. The lowest BCUT2D eigenvalue weighted by Crippen LogP contribution is -2.32. The zero-order valence-corrected chi connectivity index (χ0v) is 15.8. The first-order valence-electron chi connectivity index (χ1n) is 8.19. The number of nitrogens with zero attached hydrogens (tertiary/aromatic N) is 1. The van der Waals surface area contributed by atoms with E-state index < -0.39 is 0 Å². The van der Waals surface area contributed by atoms with Crippen molar-refractivity contribution in [3.05, 3.63) is 58.1 Å². The number of hydrogen-bond acceptors (Lipinski definition) is 2. The van der Waals surface area contributed by atoms with Crippen LogP contribution in [0.1, 0.15) is 30.0 Å². The highest BCUT2D eigenvalue weighted by Crippen LogP contribution is 2.31. The Morgan fingerprint density at radius 2 is 1.80 bits per heavy atom. The van der Waals surface area contributed by atoms with Crippen LogP contribution in [0.2, 0.25) is 5.02 Å². The van der Waals surface area contributed by atoms with Crippen LogP contribution in [0, 0.1) is 20.8 Å². The van der Waals surface area contributed by atoms with Gasteiger partial charge in [-0.05, 0) is 55.7 Å². The van der Waals surface area contributed by atoms with Gasteiger partial charge in [0.2, 0.25) is 11.8 Å². The molecule has 2 rings (SSSR count). The summed E-state index contributed by atoms with van der Waals surface area (Å²) in [6.45, 7) is 7.59. The second-order valence-corrected chi connectivity index (χ2v) is 6.66. The van der Waals surface area contributed by atoms with Gasteiger partial charge in [-0.2, -0.15) is 0 Å². The summed E-state index contributed by atoms with van der Waals surface area (Å²) in [5.41, 5.74) is 4.45. The van der Waals surface area contributed by atoms with Gasteiger partial charge >= 0.3 is 0 Å². The third-order valence-electron chi connectivity index (χ3n) is 3.91. The van der Waals surface area contributed by atoms with Gasteiger partial charge in [-0.15, -0.1) is 0 Å². The molecule has 0 aliphatic heterocycles. The highest BCUT2D eigenvalue weighted by Gasteiger charge is 2.18. The molecule has 0 spiro atoms. The third kappa shape index (κ3) is 5.07. The van der Waals surface area contributed by atoms with Crippen LogP contribution < -0.4 is 10.2 Å². The minimum atomic E-state index is -0.141. The minimum Gasteiger partial charge on any atom is -0.326 e. The summed E-state index contributed by atoms with van der Waals surface area (Å²) in [4.78, 5) is 25.9. The molecule has 4 nitrogen and oxygen atoms in total. The number of benzene rings is 2. The first-order valence-corrected chi connectivity index (χ1v) is 8.57. The van der Waals surface area contributed by atoms with Gasteiger partial charge in [0.25, 0.3) is 0 Å². The molecule has 0 aromatic heterocycles. The number of rotatable bonds is 5. The summed E-state index contributed by atoms with van der Waals surface area (Å²) in [5, 5.41) is 3.38. The smallest absolute Gasteiger partial charge is 0.226 e. The van der Waals surface area contributed by atoms with Crippen LogP contribution in [0.4, 0.5) is 11.4 Å². The predicted molar refractivity (Wildman–Crippen MR) is 103 cm³/mol. The molecule has 132 valence electrons. The summed E-state index contributed by atoms with van der Waals surface area (Å²) in [7, 11) is 0. The van der Waals surface area contributed by atoms with Gasteiger partial charge < -0.3 is 10.2 Å². The van der Waals surface area contributed by atoms with Gasteiger partial charge in [-0.1, -0.05) is 29.8 Å². The second-order valence-electron chi connectivity index (χ2n) is 6.25. The number of halogens is 1. The molecule has 0 aliphatic rings. The van der Waals surface area contributed by atoms with E-state index in [9.17, 15) is 9.59 Å². The quantitative estimate of drug-likeness (QED) is 0.845. The van der Waals surface area contributed by atoms with Crippen molar-refractivity contribution >= 4 is 34.8 Å². The first kappa shape index (κ1) is 19.0. The van der Waals surface area contributed by atoms with Crippen molar-refractivity contribution in [2.75, 3.05) is 16.8 Å². The van der Waals surface area contributed by atoms with Crippen LogP contribution in [0.5, 0.6) is 0 Å². The lowest BCUT2D eigenvalue weighted by molar-refractivity contribution is -0.117. The molecular formula is C20H23ClN2O2. The van der Waals surface area contributed by atoms with Crippen molar-refractivity contribution in [3.63, 3.8) is 0 Å². The summed E-state index contributed by atoms with van der Waals surface area (Å²) in [5.74, 6) is -0.282. The van der Waals surface area contributed by atoms with Gasteiger partial charge in [0.1, 0.15) is 0 Å². The first-order chi connectivity index (χ1) is 11.8. The van der Waals surface area contributed by atoms with Gasteiger partial charge in [-0.25, -0.2) is 0 Å². The number of hydrogen-bond donors (Lipinski definition) is 1. The molecule has 5 heteroatoms. The molecule has 0 fully saturated rings. The average molecular weight is 359 g/mol. The van der Waals surface area contributed by atoms with Gasteiger partial charge in [-0.3, -0.25) is 9.59 Å². The van der Waals surface area contributed by atoms with Crippen LogP contribution in [0.25, 0.3) is 0 Å². The highest BCUT2D eigenvalue weighted by atomic mass is 35.5. The fourth-order valence-corrected chi connectivity index (χ4v) is 3.26. The molecule has 2 amide bonds. The lowest BCUT2D eigenvalue weighted by Gasteiger charge is -2.24. The van der Waals surface area contributed by atoms with E-state index in [4.69, 9.17) is 11.6 Å². The molecule has 25 heavy (non-hydrogen) atoms. The van der Waals surface area contributed by atoms with E-state index >= 15 is 0 Å². The number of amides is 2. The van der Waals surface area contributed by atoms with Crippen molar-refractivity contribution in [2.45, 2.75) is 34.1 Å². The Morgan fingerprint density at radius 3 is 2.40 bits per heavy atom. The maximum absolute atomic E-state index is 12.2. The Kier molecular flexibility index (Phi) is 6.21. The largest absolute Gasteiger partial charge is 0.326 e. The van der Waals surface area contributed by atoms with Gasteiger partial charge in [0, 0.05) is 25.6 Å². The minimum absolute atomic E-state index is 0.141. The molecule has 0 heterocycles. The Hall–Kier alpha value is -2.33. The molecule has 1 N–H and O–H groups in total. The summed E-state index contributed by atoms with van der Waals surface area (Å²) in [6, 6.07) is 11.4. The van der Waals surface area contributed by atoms with Crippen molar-refractivity contribution < 1.29 is 9.59 Å². The predicted octanol–water partition coefficient (Wildman–Crippen LogP) is 4.65. The van der Waals surface area contributed by atoms with E-state index in [0.717, 1.165) is 22.4 Å². The number of anilines is 2. The molecule has 0 bridgehead atoms.